The molecule has 0 radical (unpaired) electrons. The summed E-state index contributed by atoms with van der Waals surface area (Å²) >= 11 is 0. The van der Waals surface area contributed by atoms with Crippen LogP contribution in [-0.2, 0) is 10.0 Å². The van der Waals surface area contributed by atoms with Gasteiger partial charge in [-0.3, -0.25) is 0 Å². The Hall–Kier alpha value is -0.390. The number of hydrogen-bond donors (Lipinski definition) is 0. The fourth-order valence-electron chi connectivity index (χ4n) is 3.77. The van der Waals surface area contributed by atoms with Gasteiger partial charge in [-0.25, -0.2) is 12.7 Å². The van der Waals surface area contributed by atoms with E-state index in [-0.39, 0.29) is 0 Å². The van der Waals surface area contributed by atoms with Gasteiger partial charge in [-0.1, -0.05) is 18.6 Å². The van der Waals surface area contributed by atoms with E-state index >= 15 is 0 Å². The quantitative estimate of drug-likeness (QED) is 0.748. The van der Waals surface area contributed by atoms with Gasteiger partial charge in [-0.15, -0.1) is 0 Å². The van der Waals surface area contributed by atoms with Crippen molar-refractivity contribution in [2.75, 3.05) is 32.9 Å². The zero-order chi connectivity index (χ0) is 15.6. The maximum Gasteiger partial charge on any atom is 0.211 e. The predicted octanol–water partition coefficient (Wildman–Crippen LogP) is 2.33. The van der Waals surface area contributed by atoms with Crippen molar-refractivity contribution in [3.05, 3.63) is 11.6 Å². The van der Waals surface area contributed by atoms with Gasteiger partial charge in [0.05, 0.1) is 6.26 Å². The summed E-state index contributed by atoms with van der Waals surface area (Å²) in [5, 5.41) is 0. The Morgan fingerprint density at radius 2 is 1.90 bits per heavy atom. The number of piperidine rings is 1. The fourth-order valence-corrected chi connectivity index (χ4v) is 4.65. The summed E-state index contributed by atoms with van der Waals surface area (Å²) in [5.41, 5.74) is 1.54. The Morgan fingerprint density at radius 1 is 1.29 bits per heavy atom. The van der Waals surface area contributed by atoms with E-state index in [1.54, 1.807) is 4.31 Å². The molecule has 0 saturated carbocycles. The van der Waals surface area contributed by atoms with Gasteiger partial charge >= 0.3 is 0 Å². The van der Waals surface area contributed by atoms with Crippen LogP contribution in [0.3, 0.4) is 0 Å². The van der Waals surface area contributed by atoms with Crippen LogP contribution in [0.2, 0.25) is 0 Å². The second kappa shape index (κ2) is 6.80. The number of rotatable bonds is 4. The summed E-state index contributed by atoms with van der Waals surface area (Å²) in [7, 11) is -0.810. The van der Waals surface area contributed by atoms with Crippen LogP contribution < -0.4 is 0 Å². The first-order chi connectivity index (χ1) is 9.79. The lowest BCUT2D eigenvalue weighted by molar-refractivity contribution is 0.139. The molecule has 0 aromatic carbocycles. The second-order valence-corrected chi connectivity index (χ2v) is 8.92. The molecule has 0 N–H and O–H groups in total. The van der Waals surface area contributed by atoms with Gasteiger partial charge in [0.25, 0.3) is 0 Å². The van der Waals surface area contributed by atoms with Gasteiger partial charge in [0, 0.05) is 25.7 Å². The third-order valence-electron chi connectivity index (χ3n) is 5.36. The van der Waals surface area contributed by atoms with E-state index in [1.807, 2.05) is 0 Å². The lowest BCUT2D eigenvalue weighted by Gasteiger charge is -2.39. The van der Waals surface area contributed by atoms with Crippen molar-refractivity contribution in [3.63, 3.8) is 0 Å². The molecule has 2 aliphatic rings. The summed E-state index contributed by atoms with van der Waals surface area (Å²) < 4.78 is 24.8. The van der Waals surface area contributed by atoms with Crippen LogP contribution in [0.4, 0.5) is 0 Å². The van der Waals surface area contributed by atoms with E-state index < -0.39 is 10.0 Å². The van der Waals surface area contributed by atoms with Gasteiger partial charge in [0.2, 0.25) is 10.0 Å². The summed E-state index contributed by atoms with van der Waals surface area (Å²) in [6.07, 6.45) is 8.13. The number of nitrogens with zero attached hydrogens (tertiary/aromatic N) is 2. The summed E-state index contributed by atoms with van der Waals surface area (Å²) in [5.74, 6) is 1.42. The van der Waals surface area contributed by atoms with Crippen molar-refractivity contribution in [2.24, 2.45) is 11.8 Å². The van der Waals surface area contributed by atoms with Crippen molar-refractivity contribution >= 4 is 10.0 Å². The van der Waals surface area contributed by atoms with Crippen molar-refractivity contribution in [1.29, 1.82) is 0 Å². The third kappa shape index (κ3) is 4.30. The van der Waals surface area contributed by atoms with Crippen LogP contribution >= 0.6 is 0 Å². The first-order valence-corrected chi connectivity index (χ1v) is 9.96. The summed E-state index contributed by atoms with van der Waals surface area (Å²) in [6, 6.07) is 0.518. The molecular formula is C16H30N2O2S. The minimum Gasteiger partial charge on any atom is -0.303 e. The molecule has 0 spiro atoms. The number of allylic oxidation sites excluding steroid dienone is 1. The standard InChI is InChI=1S/C16H30N2O2S/c1-13-6-5-7-14(2)16(13)12-17(3)15-8-10-18(11-9-15)21(4,19)20/h6,14-16H,5,7-12H2,1-4H3/t14-,16+/m0/s1. The average molecular weight is 314 g/mol. The Labute approximate surface area is 130 Å². The van der Waals surface area contributed by atoms with E-state index in [1.165, 1.54) is 24.7 Å². The molecular weight excluding hydrogens is 284 g/mol. The Bertz CT molecular complexity index is 479. The average Bonchev–Trinajstić information content (AvgIpc) is 2.42. The molecule has 21 heavy (non-hydrogen) atoms. The highest BCUT2D eigenvalue weighted by atomic mass is 32.2. The van der Waals surface area contributed by atoms with E-state index in [4.69, 9.17) is 0 Å². The molecule has 1 aliphatic carbocycles. The predicted molar refractivity (Wildman–Crippen MR) is 87.7 cm³/mol. The van der Waals surface area contributed by atoms with Crippen LogP contribution in [0.1, 0.15) is 39.5 Å². The largest absolute Gasteiger partial charge is 0.303 e. The minimum absolute atomic E-state index is 0.518. The van der Waals surface area contributed by atoms with Crippen molar-refractivity contribution in [3.8, 4) is 0 Å². The summed E-state index contributed by atoms with van der Waals surface area (Å²) in [4.78, 5) is 2.46. The van der Waals surface area contributed by atoms with Gasteiger partial charge in [0.15, 0.2) is 0 Å². The van der Waals surface area contributed by atoms with Crippen LogP contribution in [0.25, 0.3) is 0 Å². The van der Waals surface area contributed by atoms with Crippen molar-refractivity contribution < 1.29 is 8.42 Å². The fraction of sp³-hybridized carbons (Fsp3) is 0.875. The first-order valence-electron chi connectivity index (χ1n) is 8.11. The Morgan fingerprint density at radius 3 is 2.43 bits per heavy atom. The molecule has 0 amide bonds. The van der Waals surface area contributed by atoms with E-state index in [9.17, 15) is 8.42 Å². The highest BCUT2D eigenvalue weighted by molar-refractivity contribution is 7.88. The van der Waals surface area contributed by atoms with Crippen molar-refractivity contribution in [1.82, 2.24) is 9.21 Å². The molecule has 122 valence electrons. The highest BCUT2D eigenvalue weighted by Gasteiger charge is 2.30. The van der Waals surface area contributed by atoms with Crippen LogP contribution in [-0.4, -0.2) is 56.6 Å². The molecule has 2 rings (SSSR count). The van der Waals surface area contributed by atoms with Gasteiger partial charge < -0.3 is 4.90 Å². The molecule has 2 atom stereocenters. The monoisotopic (exact) mass is 314 g/mol. The zero-order valence-electron chi connectivity index (χ0n) is 13.9. The molecule has 5 heteroatoms. The van der Waals surface area contributed by atoms with Gasteiger partial charge in [-0.2, -0.15) is 0 Å². The maximum absolute atomic E-state index is 11.6. The number of sulfonamides is 1. The van der Waals surface area contributed by atoms with E-state index in [0.29, 0.717) is 25.0 Å². The van der Waals surface area contributed by atoms with Crippen LogP contribution in [0.15, 0.2) is 11.6 Å². The molecule has 0 aromatic heterocycles. The molecule has 1 fully saturated rings. The maximum atomic E-state index is 11.6. The topological polar surface area (TPSA) is 40.6 Å². The third-order valence-corrected chi connectivity index (χ3v) is 6.66. The first kappa shape index (κ1) is 17.0. The SMILES string of the molecule is CC1=CCC[C@H](C)[C@@H]1CN(C)C1CCN(S(C)(=O)=O)CC1. The van der Waals surface area contributed by atoms with Crippen molar-refractivity contribution in [2.45, 2.75) is 45.6 Å². The molecule has 1 heterocycles. The zero-order valence-corrected chi connectivity index (χ0v) is 14.7. The molecule has 0 bridgehead atoms. The van der Waals surface area contributed by atoms with Crippen LogP contribution in [0.5, 0.6) is 0 Å². The normalized spacial score (nSPS) is 29.7. The lowest BCUT2D eigenvalue weighted by atomic mass is 9.79. The van der Waals surface area contributed by atoms with E-state index in [2.05, 4.69) is 31.9 Å². The Kier molecular flexibility index (Phi) is 5.49. The smallest absolute Gasteiger partial charge is 0.211 e. The summed E-state index contributed by atoms with van der Waals surface area (Å²) in [6.45, 7) is 7.07. The molecule has 4 nitrogen and oxygen atoms in total. The lowest BCUT2D eigenvalue weighted by Crippen LogP contribution is -2.47. The second-order valence-electron chi connectivity index (χ2n) is 6.94. The van der Waals surface area contributed by atoms with E-state index in [0.717, 1.165) is 25.3 Å². The molecule has 1 saturated heterocycles. The Balaban J connectivity index is 1.89. The van der Waals surface area contributed by atoms with Crippen LogP contribution in [0, 0.1) is 11.8 Å². The molecule has 1 aliphatic heterocycles. The molecule has 0 aromatic rings. The highest BCUT2D eigenvalue weighted by Crippen LogP contribution is 2.31. The minimum atomic E-state index is -3.01. The molecule has 0 unspecified atom stereocenters. The number of hydrogen-bond acceptors (Lipinski definition) is 3. The van der Waals surface area contributed by atoms with Gasteiger partial charge in [0.1, 0.15) is 0 Å². The van der Waals surface area contributed by atoms with Gasteiger partial charge in [-0.05, 0) is 51.5 Å².